The molecule has 26 heavy (non-hydrogen) atoms. The number of thiophene rings is 1. The summed E-state index contributed by atoms with van der Waals surface area (Å²) >= 11 is 7.55. The van der Waals surface area contributed by atoms with Crippen molar-refractivity contribution in [3.63, 3.8) is 0 Å². The van der Waals surface area contributed by atoms with Crippen LogP contribution < -0.4 is 5.32 Å². The Morgan fingerprint density at radius 2 is 2.19 bits per heavy atom. The van der Waals surface area contributed by atoms with Gasteiger partial charge in [-0.3, -0.25) is 9.59 Å². The second-order valence-corrected chi connectivity index (χ2v) is 8.93. The molecule has 3 rings (SSSR count). The summed E-state index contributed by atoms with van der Waals surface area (Å²) in [4.78, 5) is 28.1. The summed E-state index contributed by atoms with van der Waals surface area (Å²) in [5.41, 5.74) is 1.90. The molecule has 1 aromatic carbocycles. The van der Waals surface area contributed by atoms with Crippen molar-refractivity contribution >= 4 is 59.3 Å². The summed E-state index contributed by atoms with van der Waals surface area (Å²) in [7, 11) is 0. The fourth-order valence-corrected chi connectivity index (χ4v) is 4.90. The first-order chi connectivity index (χ1) is 12.5. The average molecular weight is 405 g/mol. The second kappa shape index (κ2) is 8.79. The van der Waals surface area contributed by atoms with Crippen LogP contribution in [0.4, 0.5) is 5.69 Å². The molecule has 1 fully saturated rings. The third-order valence-corrected chi connectivity index (χ3v) is 6.32. The van der Waals surface area contributed by atoms with E-state index in [1.54, 1.807) is 16.2 Å². The Morgan fingerprint density at radius 3 is 2.92 bits per heavy atom. The summed E-state index contributed by atoms with van der Waals surface area (Å²) in [6.45, 7) is 2.50. The van der Waals surface area contributed by atoms with Gasteiger partial charge < -0.3 is 10.2 Å². The Hall–Kier alpha value is -1.70. The molecular weight excluding hydrogens is 384 g/mol. The van der Waals surface area contributed by atoms with E-state index in [9.17, 15) is 9.59 Å². The molecule has 0 saturated carbocycles. The number of aryl methyl sites for hydroxylation is 1. The molecule has 2 amide bonds. The van der Waals surface area contributed by atoms with Gasteiger partial charge in [-0.1, -0.05) is 30.0 Å². The minimum absolute atomic E-state index is 0.0116. The zero-order valence-corrected chi connectivity index (χ0v) is 16.9. The lowest BCUT2D eigenvalue weighted by Crippen LogP contribution is -2.31. The van der Waals surface area contributed by atoms with Crippen molar-refractivity contribution < 1.29 is 9.59 Å². The normalized spacial score (nSPS) is 18.5. The highest BCUT2D eigenvalue weighted by molar-refractivity contribution is 8.14. The molecule has 0 spiro atoms. The maximum atomic E-state index is 12.5. The Morgan fingerprint density at radius 1 is 1.35 bits per heavy atom. The van der Waals surface area contributed by atoms with Crippen LogP contribution in [0, 0.1) is 6.92 Å². The molecule has 1 saturated heterocycles. The molecule has 1 aliphatic rings. The Balaban J connectivity index is 1.50. The molecule has 2 heterocycles. The number of hydrogen-bond donors (Lipinski definition) is 2. The molecule has 4 nitrogen and oxygen atoms in total. The van der Waals surface area contributed by atoms with Crippen molar-refractivity contribution in [3.8, 4) is 0 Å². The van der Waals surface area contributed by atoms with Gasteiger partial charge in [0.05, 0.1) is 4.91 Å². The summed E-state index contributed by atoms with van der Waals surface area (Å²) in [6.07, 6.45) is 2.88. The van der Waals surface area contributed by atoms with Gasteiger partial charge in [-0.2, -0.15) is 0 Å². The number of anilines is 1. The summed E-state index contributed by atoms with van der Waals surface area (Å²) in [5, 5.41) is 4.88. The van der Waals surface area contributed by atoms with E-state index in [1.807, 2.05) is 54.8 Å². The Labute approximate surface area is 167 Å². The van der Waals surface area contributed by atoms with Crippen LogP contribution in [-0.4, -0.2) is 28.0 Å². The highest BCUT2D eigenvalue weighted by Gasteiger charge is 2.33. The minimum atomic E-state index is -0.200. The Kier molecular flexibility index (Phi) is 6.45. The standard InChI is InChI=1S/C19H20N2O2S3/c1-13-5-2-6-14(11-13)20-17(22)8-3-9-21-18(23)16(26-19(21)24)12-15-7-4-10-25-15/h2,4-7,10-12,19,24H,3,8-9H2,1H3,(H,20,22)/b16-12-. The van der Waals surface area contributed by atoms with Crippen molar-refractivity contribution in [2.75, 3.05) is 11.9 Å². The fourth-order valence-electron chi connectivity index (χ4n) is 2.64. The first-order valence-electron chi connectivity index (χ1n) is 8.30. The van der Waals surface area contributed by atoms with Gasteiger partial charge in [0.15, 0.2) is 0 Å². The first kappa shape index (κ1) is 19.1. The van der Waals surface area contributed by atoms with Crippen LogP contribution in [0.15, 0.2) is 46.7 Å². The van der Waals surface area contributed by atoms with Gasteiger partial charge in [0.1, 0.15) is 4.71 Å². The topological polar surface area (TPSA) is 49.4 Å². The predicted octanol–water partition coefficient (Wildman–Crippen LogP) is 4.61. The van der Waals surface area contributed by atoms with Crippen molar-refractivity contribution in [3.05, 3.63) is 57.1 Å². The van der Waals surface area contributed by atoms with E-state index >= 15 is 0 Å². The third kappa shape index (κ3) is 4.93. The van der Waals surface area contributed by atoms with Gasteiger partial charge in [0.2, 0.25) is 5.91 Å². The van der Waals surface area contributed by atoms with E-state index in [4.69, 9.17) is 0 Å². The van der Waals surface area contributed by atoms with Crippen molar-refractivity contribution in [2.24, 2.45) is 0 Å². The molecule has 1 atom stereocenters. The lowest BCUT2D eigenvalue weighted by atomic mass is 10.2. The van der Waals surface area contributed by atoms with Gasteiger partial charge in [-0.25, -0.2) is 0 Å². The lowest BCUT2D eigenvalue weighted by molar-refractivity contribution is -0.125. The summed E-state index contributed by atoms with van der Waals surface area (Å²) in [6, 6.07) is 11.7. The third-order valence-electron chi connectivity index (χ3n) is 3.89. The van der Waals surface area contributed by atoms with Crippen LogP contribution in [0.1, 0.15) is 23.3 Å². The summed E-state index contributed by atoms with van der Waals surface area (Å²) < 4.78 is -0.200. The van der Waals surface area contributed by atoms with Gasteiger partial charge in [-0.05, 0) is 48.6 Å². The SMILES string of the molecule is Cc1cccc(NC(=O)CCCN2C(=O)/C(=C/c3cccs3)SC2S)c1. The number of thioether (sulfide) groups is 1. The molecular formula is C19H20N2O2S3. The number of thiol groups is 1. The van der Waals surface area contributed by atoms with Gasteiger partial charge in [0, 0.05) is 23.5 Å². The largest absolute Gasteiger partial charge is 0.326 e. The maximum absolute atomic E-state index is 12.5. The highest BCUT2D eigenvalue weighted by atomic mass is 32.2. The number of nitrogens with zero attached hydrogens (tertiary/aromatic N) is 1. The number of rotatable bonds is 6. The van der Waals surface area contributed by atoms with E-state index in [0.717, 1.165) is 16.1 Å². The average Bonchev–Trinajstić information content (AvgIpc) is 3.19. The van der Waals surface area contributed by atoms with E-state index in [1.165, 1.54) is 11.8 Å². The predicted molar refractivity (Wildman–Crippen MR) is 113 cm³/mol. The quantitative estimate of drug-likeness (QED) is 0.546. The van der Waals surface area contributed by atoms with Crippen LogP contribution in [0.3, 0.4) is 0 Å². The van der Waals surface area contributed by atoms with Crippen LogP contribution in [0.2, 0.25) is 0 Å². The maximum Gasteiger partial charge on any atom is 0.261 e. The Bertz CT molecular complexity index is 818. The van der Waals surface area contributed by atoms with Gasteiger partial charge in [-0.15, -0.1) is 24.0 Å². The highest BCUT2D eigenvalue weighted by Crippen LogP contribution is 2.38. The van der Waals surface area contributed by atoms with E-state index in [2.05, 4.69) is 17.9 Å². The fraction of sp³-hybridized carbons (Fsp3) is 0.263. The van der Waals surface area contributed by atoms with E-state index in [-0.39, 0.29) is 16.5 Å². The molecule has 136 valence electrons. The number of benzene rings is 1. The lowest BCUT2D eigenvalue weighted by Gasteiger charge is -2.18. The molecule has 7 heteroatoms. The van der Waals surface area contributed by atoms with E-state index < -0.39 is 0 Å². The van der Waals surface area contributed by atoms with Crippen LogP contribution >= 0.6 is 35.7 Å². The van der Waals surface area contributed by atoms with Crippen molar-refractivity contribution in [1.82, 2.24) is 4.90 Å². The van der Waals surface area contributed by atoms with Crippen molar-refractivity contribution in [1.29, 1.82) is 0 Å². The molecule has 1 unspecified atom stereocenters. The van der Waals surface area contributed by atoms with Gasteiger partial charge >= 0.3 is 0 Å². The first-order valence-corrected chi connectivity index (χ1v) is 10.6. The number of carbonyl (C=O) groups excluding carboxylic acids is 2. The van der Waals surface area contributed by atoms with Crippen LogP contribution in [-0.2, 0) is 9.59 Å². The van der Waals surface area contributed by atoms with Crippen LogP contribution in [0.5, 0.6) is 0 Å². The second-order valence-electron chi connectivity index (χ2n) is 5.99. The zero-order chi connectivity index (χ0) is 18.5. The number of hydrogen-bond acceptors (Lipinski definition) is 5. The molecule has 1 aromatic heterocycles. The number of nitrogens with one attached hydrogen (secondary N) is 1. The molecule has 2 aromatic rings. The number of amides is 2. The van der Waals surface area contributed by atoms with Gasteiger partial charge in [0.25, 0.3) is 5.91 Å². The smallest absolute Gasteiger partial charge is 0.261 e. The molecule has 1 aliphatic heterocycles. The molecule has 0 radical (unpaired) electrons. The molecule has 0 bridgehead atoms. The monoisotopic (exact) mass is 404 g/mol. The van der Waals surface area contributed by atoms with Crippen LogP contribution in [0.25, 0.3) is 6.08 Å². The number of carbonyl (C=O) groups is 2. The minimum Gasteiger partial charge on any atom is -0.326 e. The summed E-state index contributed by atoms with van der Waals surface area (Å²) in [5.74, 6) is -0.0533. The zero-order valence-electron chi connectivity index (χ0n) is 14.3. The molecule has 1 N–H and O–H groups in total. The molecule has 0 aliphatic carbocycles. The van der Waals surface area contributed by atoms with Crippen molar-refractivity contribution in [2.45, 2.75) is 24.5 Å². The van der Waals surface area contributed by atoms with E-state index in [0.29, 0.717) is 24.3 Å².